The third-order valence-electron chi connectivity index (χ3n) is 7.96. The smallest absolute Gasteiger partial charge is 0.406 e. The number of amides is 3. The van der Waals surface area contributed by atoms with E-state index >= 15 is 0 Å². The molecule has 1 aromatic rings. The predicted octanol–water partition coefficient (Wildman–Crippen LogP) is 4.91. The van der Waals surface area contributed by atoms with E-state index in [2.05, 4.69) is 27.6 Å². The molecule has 2 aliphatic rings. The van der Waals surface area contributed by atoms with E-state index in [9.17, 15) is 9.59 Å². The van der Waals surface area contributed by atoms with E-state index in [0.29, 0.717) is 30.6 Å². The first-order valence-corrected chi connectivity index (χ1v) is 14.1. The molecule has 0 bridgehead atoms. The Bertz CT molecular complexity index is 866. The van der Waals surface area contributed by atoms with Gasteiger partial charge in [-0.1, -0.05) is 55.8 Å². The number of likely N-dealkylation sites (tertiary alicyclic amines) is 1. The molecule has 9 heteroatoms. The van der Waals surface area contributed by atoms with Gasteiger partial charge < -0.3 is 30.3 Å². The van der Waals surface area contributed by atoms with Crippen molar-refractivity contribution in [2.75, 3.05) is 46.9 Å². The molecule has 1 saturated heterocycles. The van der Waals surface area contributed by atoms with Gasteiger partial charge in [0, 0.05) is 43.2 Å². The van der Waals surface area contributed by atoms with Crippen molar-refractivity contribution in [3.63, 3.8) is 0 Å². The molecule has 0 spiro atoms. The summed E-state index contributed by atoms with van der Waals surface area (Å²) >= 11 is 6.35. The minimum atomic E-state index is -0.672. The van der Waals surface area contributed by atoms with Crippen LogP contribution in [0.3, 0.4) is 0 Å². The van der Waals surface area contributed by atoms with Crippen LogP contribution >= 0.6 is 11.6 Å². The number of alkyl carbamates (subject to hydrolysis) is 1. The molecule has 1 aliphatic heterocycles. The number of hydrogen-bond donors (Lipinski definition) is 3. The Hall–Kier alpha value is -2.03. The maximum absolute atomic E-state index is 13.4. The summed E-state index contributed by atoms with van der Waals surface area (Å²) in [5.41, 5.74) is 0.296. The summed E-state index contributed by atoms with van der Waals surface area (Å²) in [6.45, 7) is 4.80. The molecule has 3 amide bonds. The molecule has 3 rings (SSSR count). The number of nitrogens with zero attached hydrogens (tertiary/aromatic N) is 1. The molecule has 2 fully saturated rings. The van der Waals surface area contributed by atoms with Gasteiger partial charge in [0.15, 0.2) is 0 Å². The molecule has 0 aromatic heterocycles. The molecule has 3 N–H and O–H groups in total. The molecule has 208 valence electrons. The van der Waals surface area contributed by atoms with E-state index in [1.807, 2.05) is 36.2 Å². The summed E-state index contributed by atoms with van der Waals surface area (Å²) in [4.78, 5) is 26.8. The highest BCUT2D eigenvalue weighted by molar-refractivity contribution is 6.30. The molecule has 3 atom stereocenters. The van der Waals surface area contributed by atoms with Crippen molar-refractivity contribution in [3.8, 4) is 0 Å². The lowest BCUT2D eigenvalue weighted by molar-refractivity contribution is -0.0926. The van der Waals surface area contributed by atoms with Crippen LogP contribution in [0.1, 0.15) is 63.9 Å². The zero-order valence-electron chi connectivity index (χ0n) is 22.7. The lowest BCUT2D eigenvalue weighted by atomic mass is 9.78. The van der Waals surface area contributed by atoms with Crippen LogP contribution in [0.15, 0.2) is 24.3 Å². The SMILES string of the molecule is CNCC(CC1CCCCC1)NC(=O)N1CCCC(C(C)(OCCNC(=O)OC)c2cccc(Cl)c2)C1. The number of likely N-dealkylation sites (N-methyl/N-ethyl adjacent to an activating group) is 1. The average Bonchev–Trinajstić information content (AvgIpc) is 2.91. The Morgan fingerprint density at radius 3 is 2.68 bits per heavy atom. The summed E-state index contributed by atoms with van der Waals surface area (Å²) in [6, 6.07) is 7.85. The highest BCUT2D eigenvalue weighted by Gasteiger charge is 2.41. The van der Waals surface area contributed by atoms with Gasteiger partial charge in [-0.25, -0.2) is 9.59 Å². The number of nitrogens with one attached hydrogen (secondary N) is 3. The highest BCUT2D eigenvalue weighted by Crippen LogP contribution is 2.39. The van der Waals surface area contributed by atoms with Gasteiger partial charge in [-0.2, -0.15) is 0 Å². The number of ether oxygens (including phenoxy) is 2. The minimum absolute atomic E-state index is 0.00145. The van der Waals surface area contributed by atoms with Gasteiger partial charge in [0.1, 0.15) is 0 Å². The normalized spacial score (nSPS) is 21.1. The molecule has 37 heavy (non-hydrogen) atoms. The van der Waals surface area contributed by atoms with E-state index in [0.717, 1.165) is 37.9 Å². The fourth-order valence-corrected chi connectivity index (χ4v) is 6.05. The molecule has 1 aliphatic carbocycles. The van der Waals surface area contributed by atoms with Crippen LogP contribution < -0.4 is 16.0 Å². The Labute approximate surface area is 227 Å². The fraction of sp³-hybridized carbons (Fsp3) is 0.714. The molecular weight excluding hydrogens is 492 g/mol. The van der Waals surface area contributed by atoms with Crippen LogP contribution in [0.25, 0.3) is 0 Å². The summed E-state index contributed by atoms with van der Waals surface area (Å²) in [5.74, 6) is 0.768. The molecular formula is C28H45ClN4O4. The van der Waals surface area contributed by atoms with Crippen molar-refractivity contribution < 1.29 is 19.1 Å². The molecule has 8 nitrogen and oxygen atoms in total. The van der Waals surface area contributed by atoms with Crippen LogP contribution in [0.2, 0.25) is 5.02 Å². The summed E-state index contributed by atoms with van der Waals surface area (Å²) in [5, 5.41) is 9.90. The number of rotatable bonds is 11. The van der Waals surface area contributed by atoms with E-state index in [1.165, 1.54) is 39.2 Å². The van der Waals surface area contributed by atoms with Crippen molar-refractivity contribution in [1.82, 2.24) is 20.9 Å². The molecule has 1 aromatic carbocycles. The Morgan fingerprint density at radius 2 is 1.97 bits per heavy atom. The highest BCUT2D eigenvalue weighted by atomic mass is 35.5. The largest absolute Gasteiger partial charge is 0.453 e. The monoisotopic (exact) mass is 536 g/mol. The Balaban J connectivity index is 1.68. The Kier molecular flexibility index (Phi) is 11.8. The number of methoxy groups -OCH3 is 1. The fourth-order valence-electron chi connectivity index (χ4n) is 5.86. The van der Waals surface area contributed by atoms with Crippen LogP contribution in [-0.2, 0) is 15.1 Å². The van der Waals surface area contributed by atoms with E-state index < -0.39 is 11.7 Å². The third-order valence-corrected chi connectivity index (χ3v) is 8.20. The first-order valence-electron chi connectivity index (χ1n) is 13.8. The zero-order valence-corrected chi connectivity index (χ0v) is 23.4. The molecule has 3 unspecified atom stereocenters. The van der Waals surface area contributed by atoms with Gasteiger partial charge in [0.25, 0.3) is 0 Å². The topological polar surface area (TPSA) is 91.9 Å². The number of piperidine rings is 1. The van der Waals surface area contributed by atoms with Crippen LogP contribution in [-0.4, -0.2) is 70.0 Å². The van der Waals surface area contributed by atoms with E-state index in [-0.39, 0.29) is 18.0 Å². The van der Waals surface area contributed by atoms with Crippen LogP contribution in [0.5, 0.6) is 0 Å². The Morgan fingerprint density at radius 1 is 1.19 bits per heavy atom. The lowest BCUT2D eigenvalue weighted by Crippen LogP contribution is -2.54. The van der Waals surface area contributed by atoms with Gasteiger partial charge >= 0.3 is 12.1 Å². The van der Waals surface area contributed by atoms with Gasteiger partial charge in [0.2, 0.25) is 0 Å². The zero-order chi connectivity index (χ0) is 26.7. The van der Waals surface area contributed by atoms with Crippen molar-refractivity contribution in [1.29, 1.82) is 0 Å². The van der Waals surface area contributed by atoms with Crippen molar-refractivity contribution >= 4 is 23.7 Å². The summed E-state index contributed by atoms with van der Waals surface area (Å²) in [6.07, 6.45) is 8.84. The second kappa shape index (κ2) is 14.8. The maximum Gasteiger partial charge on any atom is 0.406 e. The average molecular weight is 537 g/mol. The quantitative estimate of drug-likeness (QED) is 0.350. The first kappa shape index (κ1) is 29.5. The second-order valence-corrected chi connectivity index (χ2v) is 11.0. The van der Waals surface area contributed by atoms with Gasteiger partial charge in [-0.15, -0.1) is 0 Å². The number of benzene rings is 1. The first-order chi connectivity index (χ1) is 17.9. The maximum atomic E-state index is 13.4. The van der Waals surface area contributed by atoms with Crippen molar-refractivity contribution in [2.45, 2.75) is 69.9 Å². The van der Waals surface area contributed by atoms with E-state index in [1.54, 1.807) is 0 Å². The molecule has 1 saturated carbocycles. The molecule has 0 radical (unpaired) electrons. The summed E-state index contributed by atoms with van der Waals surface area (Å²) in [7, 11) is 3.28. The number of halogens is 1. The predicted molar refractivity (Wildman–Crippen MR) is 147 cm³/mol. The van der Waals surface area contributed by atoms with Crippen molar-refractivity contribution in [3.05, 3.63) is 34.9 Å². The van der Waals surface area contributed by atoms with Crippen LogP contribution in [0, 0.1) is 11.8 Å². The van der Waals surface area contributed by atoms with Crippen molar-refractivity contribution in [2.24, 2.45) is 11.8 Å². The number of urea groups is 1. The number of carbonyl (C=O) groups is 2. The van der Waals surface area contributed by atoms with E-state index in [4.69, 9.17) is 16.3 Å². The van der Waals surface area contributed by atoms with Gasteiger partial charge in [-0.3, -0.25) is 0 Å². The third kappa shape index (κ3) is 8.76. The minimum Gasteiger partial charge on any atom is -0.453 e. The lowest BCUT2D eigenvalue weighted by Gasteiger charge is -2.44. The summed E-state index contributed by atoms with van der Waals surface area (Å²) < 4.78 is 11.1. The van der Waals surface area contributed by atoms with Gasteiger partial charge in [0.05, 0.1) is 19.3 Å². The van der Waals surface area contributed by atoms with Gasteiger partial charge in [-0.05, 0) is 56.8 Å². The standard InChI is InChI=1S/C28H45ClN4O4/c1-28(22-11-7-13-24(29)18-22,37-16-14-31-27(35)36-3)23-12-8-15-33(20-23)26(34)32-25(19-30-2)17-21-9-5-4-6-10-21/h7,11,13,18,21,23,25,30H,4-6,8-10,12,14-17,19-20H2,1-3H3,(H,31,35)(H,32,34). The number of carbonyl (C=O) groups excluding carboxylic acids is 2. The second-order valence-electron chi connectivity index (χ2n) is 10.6. The number of hydrogen-bond acceptors (Lipinski definition) is 5. The van der Waals surface area contributed by atoms with Crippen LogP contribution in [0.4, 0.5) is 9.59 Å². The molecule has 1 heterocycles.